The van der Waals surface area contributed by atoms with E-state index in [2.05, 4.69) is 115 Å². The Morgan fingerprint density at radius 2 is 1.04 bits per heavy atom. The lowest BCUT2D eigenvalue weighted by atomic mass is 9.97. The SMILES string of the molecule is c1ccc(-c2nc(-c3cccc(-c4cccc(-c5cccc(-c6nc7ccccc7o6)c5)c4)c3)nc3c2sc2ccccc23)cc1. The average molecular weight is 608 g/mol. The second-order valence-electron chi connectivity index (χ2n) is 11.3. The van der Waals surface area contributed by atoms with E-state index in [0.717, 1.165) is 77.2 Å². The predicted molar refractivity (Wildman–Crippen MR) is 190 cm³/mol. The van der Waals surface area contributed by atoms with Gasteiger partial charge in [0, 0.05) is 26.8 Å². The van der Waals surface area contributed by atoms with Crippen LogP contribution in [0.15, 0.2) is 156 Å². The first-order valence-electron chi connectivity index (χ1n) is 15.2. The van der Waals surface area contributed by atoms with Gasteiger partial charge in [0.2, 0.25) is 5.89 Å². The van der Waals surface area contributed by atoms with Crippen LogP contribution in [0.25, 0.3) is 87.8 Å². The molecule has 0 radical (unpaired) electrons. The Morgan fingerprint density at radius 1 is 0.457 bits per heavy atom. The van der Waals surface area contributed by atoms with Crippen LogP contribution in [0.2, 0.25) is 0 Å². The third-order valence-corrected chi connectivity index (χ3v) is 9.49. The normalized spacial score (nSPS) is 11.5. The highest BCUT2D eigenvalue weighted by Crippen LogP contribution is 2.40. The van der Waals surface area contributed by atoms with E-state index in [4.69, 9.17) is 19.4 Å². The molecule has 0 amide bonds. The second kappa shape index (κ2) is 10.9. The smallest absolute Gasteiger partial charge is 0.227 e. The van der Waals surface area contributed by atoms with Crippen molar-refractivity contribution >= 4 is 42.7 Å². The molecule has 0 unspecified atom stereocenters. The third-order valence-electron chi connectivity index (χ3n) is 8.32. The lowest BCUT2D eigenvalue weighted by molar-refractivity contribution is 0.620. The van der Waals surface area contributed by atoms with Crippen molar-refractivity contribution in [1.82, 2.24) is 15.0 Å². The van der Waals surface area contributed by atoms with Crippen molar-refractivity contribution in [3.05, 3.63) is 152 Å². The number of thiophene rings is 1. The minimum atomic E-state index is 0.622. The summed E-state index contributed by atoms with van der Waals surface area (Å²) in [4.78, 5) is 15.0. The van der Waals surface area contributed by atoms with E-state index in [1.54, 1.807) is 11.3 Å². The van der Waals surface area contributed by atoms with Crippen LogP contribution in [-0.4, -0.2) is 15.0 Å². The number of oxazole rings is 1. The van der Waals surface area contributed by atoms with Crippen molar-refractivity contribution in [3.63, 3.8) is 0 Å². The molecule has 46 heavy (non-hydrogen) atoms. The van der Waals surface area contributed by atoms with Crippen molar-refractivity contribution in [2.24, 2.45) is 0 Å². The lowest BCUT2D eigenvalue weighted by Gasteiger charge is -2.10. The number of nitrogens with zero attached hydrogens (tertiary/aromatic N) is 3. The molecule has 0 N–H and O–H groups in total. The summed E-state index contributed by atoms with van der Waals surface area (Å²) in [7, 11) is 0. The van der Waals surface area contributed by atoms with Crippen molar-refractivity contribution in [2.45, 2.75) is 0 Å². The van der Waals surface area contributed by atoms with Gasteiger partial charge in [0.15, 0.2) is 11.4 Å². The zero-order valence-electron chi connectivity index (χ0n) is 24.6. The lowest BCUT2D eigenvalue weighted by Crippen LogP contribution is -1.94. The van der Waals surface area contributed by atoms with E-state index in [9.17, 15) is 0 Å². The van der Waals surface area contributed by atoms with E-state index >= 15 is 0 Å². The molecule has 0 aliphatic carbocycles. The third kappa shape index (κ3) is 4.66. The van der Waals surface area contributed by atoms with Crippen molar-refractivity contribution in [2.75, 3.05) is 0 Å². The Bertz CT molecular complexity index is 2520. The minimum Gasteiger partial charge on any atom is -0.436 e. The van der Waals surface area contributed by atoms with Gasteiger partial charge in [-0.1, -0.05) is 109 Å². The molecule has 6 aromatic carbocycles. The zero-order chi connectivity index (χ0) is 30.5. The van der Waals surface area contributed by atoms with Crippen LogP contribution in [0.5, 0.6) is 0 Å². The quantitative estimate of drug-likeness (QED) is 0.195. The monoisotopic (exact) mass is 607 g/mol. The van der Waals surface area contributed by atoms with Crippen LogP contribution in [0.4, 0.5) is 0 Å². The number of fused-ring (bicyclic) bond motifs is 4. The highest BCUT2D eigenvalue weighted by atomic mass is 32.1. The van der Waals surface area contributed by atoms with Gasteiger partial charge in [-0.05, 0) is 64.7 Å². The molecule has 216 valence electrons. The van der Waals surface area contributed by atoms with Gasteiger partial charge in [-0.15, -0.1) is 11.3 Å². The molecule has 4 nitrogen and oxygen atoms in total. The number of hydrogen-bond donors (Lipinski definition) is 0. The fraction of sp³-hybridized carbons (Fsp3) is 0. The predicted octanol–water partition coefficient (Wildman–Crippen LogP) is 11.3. The van der Waals surface area contributed by atoms with Crippen LogP contribution in [0.1, 0.15) is 0 Å². The van der Waals surface area contributed by atoms with E-state index in [-0.39, 0.29) is 0 Å². The Balaban J connectivity index is 1.12. The number of aromatic nitrogens is 3. The molecule has 0 saturated heterocycles. The van der Waals surface area contributed by atoms with E-state index in [1.165, 1.54) is 4.70 Å². The first-order valence-corrected chi connectivity index (χ1v) is 16.0. The molecular formula is C41H25N3OS. The fourth-order valence-corrected chi connectivity index (χ4v) is 7.21. The maximum Gasteiger partial charge on any atom is 0.227 e. The standard InChI is InChI=1S/C41H25N3OS/c1-2-11-26(12-3-1)37-39-38(33-19-4-7-22-36(33)46-39)44-40(43-37)31-17-9-15-29(24-31)27-13-8-14-28(23-27)30-16-10-18-32(25-30)41-42-34-20-5-6-21-35(34)45-41/h1-25H. The molecule has 9 aromatic rings. The van der Waals surface area contributed by atoms with Crippen LogP contribution < -0.4 is 0 Å². The molecular weight excluding hydrogens is 583 g/mol. The Kier molecular flexibility index (Phi) is 6.28. The summed E-state index contributed by atoms with van der Waals surface area (Å²) in [6, 6.07) is 52.3. The van der Waals surface area contributed by atoms with Crippen LogP contribution in [0, 0.1) is 0 Å². The van der Waals surface area contributed by atoms with Gasteiger partial charge in [0.25, 0.3) is 0 Å². The summed E-state index contributed by atoms with van der Waals surface area (Å²) in [5, 5.41) is 1.16. The molecule has 0 bridgehead atoms. The van der Waals surface area contributed by atoms with Gasteiger partial charge in [0.1, 0.15) is 5.52 Å². The summed E-state index contributed by atoms with van der Waals surface area (Å²) < 4.78 is 8.38. The first kappa shape index (κ1) is 26.5. The maximum atomic E-state index is 6.05. The summed E-state index contributed by atoms with van der Waals surface area (Å²) in [5.74, 6) is 1.34. The second-order valence-corrected chi connectivity index (χ2v) is 12.3. The molecule has 0 aliphatic rings. The number of benzene rings is 6. The molecule has 9 rings (SSSR count). The largest absolute Gasteiger partial charge is 0.436 e. The molecule has 0 fully saturated rings. The van der Waals surface area contributed by atoms with E-state index < -0.39 is 0 Å². The summed E-state index contributed by atoms with van der Waals surface area (Å²) in [5.41, 5.74) is 11.1. The number of rotatable bonds is 5. The fourth-order valence-electron chi connectivity index (χ4n) is 6.06. The van der Waals surface area contributed by atoms with Gasteiger partial charge in [-0.3, -0.25) is 0 Å². The molecule has 0 saturated carbocycles. The number of para-hydroxylation sites is 2. The van der Waals surface area contributed by atoms with Crippen molar-refractivity contribution in [1.29, 1.82) is 0 Å². The molecule has 0 spiro atoms. The van der Waals surface area contributed by atoms with Gasteiger partial charge >= 0.3 is 0 Å². The highest BCUT2D eigenvalue weighted by molar-refractivity contribution is 7.26. The summed E-state index contributed by atoms with van der Waals surface area (Å²) in [6.45, 7) is 0. The van der Waals surface area contributed by atoms with Gasteiger partial charge in [-0.2, -0.15) is 0 Å². The first-order chi connectivity index (χ1) is 22.8. The highest BCUT2D eigenvalue weighted by Gasteiger charge is 2.17. The molecule has 0 aliphatic heterocycles. The molecule has 5 heteroatoms. The Morgan fingerprint density at radius 3 is 1.80 bits per heavy atom. The van der Waals surface area contributed by atoms with Crippen LogP contribution in [0.3, 0.4) is 0 Å². The van der Waals surface area contributed by atoms with Gasteiger partial charge < -0.3 is 4.42 Å². The van der Waals surface area contributed by atoms with E-state index in [0.29, 0.717) is 5.89 Å². The topological polar surface area (TPSA) is 51.8 Å². The molecule has 3 heterocycles. The van der Waals surface area contributed by atoms with Gasteiger partial charge in [0.05, 0.1) is 15.9 Å². The van der Waals surface area contributed by atoms with Gasteiger partial charge in [-0.25, -0.2) is 15.0 Å². The van der Waals surface area contributed by atoms with Crippen molar-refractivity contribution < 1.29 is 4.42 Å². The minimum absolute atomic E-state index is 0.622. The molecule has 3 aromatic heterocycles. The maximum absolute atomic E-state index is 6.05. The average Bonchev–Trinajstić information content (AvgIpc) is 3.74. The summed E-state index contributed by atoms with van der Waals surface area (Å²) >= 11 is 1.75. The van der Waals surface area contributed by atoms with E-state index in [1.807, 2.05) is 36.4 Å². The summed E-state index contributed by atoms with van der Waals surface area (Å²) in [6.07, 6.45) is 0. The van der Waals surface area contributed by atoms with Crippen LogP contribution >= 0.6 is 11.3 Å². The van der Waals surface area contributed by atoms with Crippen LogP contribution in [-0.2, 0) is 0 Å². The molecule has 0 atom stereocenters. The number of hydrogen-bond acceptors (Lipinski definition) is 5. The van der Waals surface area contributed by atoms with Crippen molar-refractivity contribution in [3.8, 4) is 56.4 Å². The Labute approximate surface area is 269 Å². The zero-order valence-corrected chi connectivity index (χ0v) is 25.4. The Hall–Kier alpha value is -5.91.